The minimum Gasteiger partial charge on any atom is -0.481 e. The molecule has 3 fully saturated rings. The first-order valence-corrected chi connectivity index (χ1v) is 14.3. The first-order chi connectivity index (χ1) is 17.7. The number of carboxylic acid groups (broad SMARTS) is 1. The van der Waals surface area contributed by atoms with Crippen LogP contribution in [0.4, 0.5) is 11.8 Å². The molecule has 1 aromatic heterocycles. The number of aliphatic carboxylic acids is 1. The van der Waals surface area contributed by atoms with Crippen LogP contribution in [0.15, 0.2) is 24.4 Å². The lowest BCUT2D eigenvalue weighted by Gasteiger charge is -2.53. The largest absolute Gasteiger partial charge is 0.481 e. The molecule has 1 aromatic carbocycles. The van der Waals surface area contributed by atoms with Crippen molar-refractivity contribution in [2.75, 3.05) is 36.4 Å². The summed E-state index contributed by atoms with van der Waals surface area (Å²) in [7, 11) is 0. The normalized spacial score (nSPS) is 27.3. The van der Waals surface area contributed by atoms with Crippen molar-refractivity contribution in [1.82, 2.24) is 14.9 Å². The first kappa shape index (κ1) is 26.8. The van der Waals surface area contributed by atoms with E-state index < -0.39 is 11.4 Å². The molecule has 2 N–H and O–H groups in total. The summed E-state index contributed by atoms with van der Waals surface area (Å²) in [6, 6.07) is 5.76. The second-order valence-corrected chi connectivity index (χ2v) is 12.2. The molecule has 2 aliphatic heterocycles. The second-order valence-electron chi connectivity index (χ2n) is 11.0. The molecular weight excluding hydrogens is 533 g/mol. The second kappa shape index (κ2) is 10.8. The molecule has 10 heteroatoms. The van der Waals surface area contributed by atoms with Crippen molar-refractivity contribution in [3.8, 4) is 0 Å². The molecule has 7 nitrogen and oxygen atoms in total. The molecule has 2 aromatic rings. The Morgan fingerprint density at radius 1 is 1.19 bits per heavy atom. The first-order valence-electron chi connectivity index (χ1n) is 13.2. The zero-order chi connectivity index (χ0) is 26.3. The molecular formula is C27H34Cl3N5O2. The monoisotopic (exact) mass is 565 g/mol. The van der Waals surface area contributed by atoms with Crippen molar-refractivity contribution < 1.29 is 9.90 Å². The molecule has 2 saturated heterocycles. The van der Waals surface area contributed by atoms with Crippen LogP contribution in [0.5, 0.6) is 0 Å². The van der Waals surface area contributed by atoms with E-state index in [-0.39, 0.29) is 6.04 Å². The highest BCUT2D eigenvalue weighted by Gasteiger charge is 2.51. The Kier molecular flexibility index (Phi) is 7.79. The van der Waals surface area contributed by atoms with Crippen molar-refractivity contribution in [3.63, 3.8) is 0 Å². The molecule has 3 heterocycles. The number of carbonyl (C=O) groups is 1. The Morgan fingerprint density at radius 2 is 1.95 bits per heavy atom. The predicted molar refractivity (Wildman–Crippen MR) is 149 cm³/mol. The van der Waals surface area contributed by atoms with Gasteiger partial charge in [0.2, 0.25) is 5.95 Å². The highest BCUT2D eigenvalue weighted by atomic mass is 35.5. The van der Waals surface area contributed by atoms with E-state index in [1.54, 1.807) is 12.3 Å². The number of nitrogens with one attached hydrogen (secondary N) is 1. The maximum atomic E-state index is 11.7. The summed E-state index contributed by atoms with van der Waals surface area (Å²) in [4.78, 5) is 25.7. The molecule has 2 atom stereocenters. The van der Waals surface area contributed by atoms with Gasteiger partial charge in [0.25, 0.3) is 0 Å². The summed E-state index contributed by atoms with van der Waals surface area (Å²) >= 11 is 18.8. The molecule has 5 rings (SSSR count). The Hall–Kier alpha value is -1.80. The van der Waals surface area contributed by atoms with Crippen LogP contribution >= 0.6 is 34.8 Å². The molecule has 3 aliphatic rings. The van der Waals surface area contributed by atoms with Gasteiger partial charge in [-0.15, -0.1) is 0 Å². The van der Waals surface area contributed by atoms with E-state index in [2.05, 4.69) is 20.1 Å². The smallest absolute Gasteiger partial charge is 0.309 e. The van der Waals surface area contributed by atoms with Gasteiger partial charge in [0.15, 0.2) is 5.82 Å². The SMILES string of the molecule is CCC1(C(=O)O)CC(N2CCC[C@H](C3CN(c4ncc(Cl)c(N[C@H](C)c5ccc(Cl)cc5Cl)n4)C3)C2)C1. The van der Waals surface area contributed by atoms with Gasteiger partial charge >= 0.3 is 5.97 Å². The lowest BCUT2D eigenvalue weighted by atomic mass is 9.63. The van der Waals surface area contributed by atoms with E-state index in [4.69, 9.17) is 39.8 Å². The van der Waals surface area contributed by atoms with Gasteiger partial charge in [-0.3, -0.25) is 4.79 Å². The number of hydrogen-bond donors (Lipinski definition) is 2. The molecule has 0 amide bonds. The lowest BCUT2D eigenvalue weighted by molar-refractivity contribution is -0.161. The summed E-state index contributed by atoms with van der Waals surface area (Å²) in [5.74, 6) is 1.86. The third-order valence-corrected chi connectivity index (χ3v) is 9.60. The summed E-state index contributed by atoms with van der Waals surface area (Å²) in [5.41, 5.74) is 0.415. The van der Waals surface area contributed by atoms with Gasteiger partial charge in [-0.1, -0.05) is 47.8 Å². The Balaban J connectivity index is 1.17. The molecule has 37 heavy (non-hydrogen) atoms. The molecule has 0 spiro atoms. The quantitative estimate of drug-likeness (QED) is 0.382. The van der Waals surface area contributed by atoms with Crippen molar-refractivity contribution in [2.24, 2.45) is 17.3 Å². The summed E-state index contributed by atoms with van der Waals surface area (Å²) in [5, 5.41) is 14.7. The van der Waals surface area contributed by atoms with Crippen LogP contribution in [0.2, 0.25) is 15.1 Å². The maximum Gasteiger partial charge on any atom is 0.309 e. The van der Waals surface area contributed by atoms with E-state index in [9.17, 15) is 9.90 Å². The average molecular weight is 567 g/mol. The van der Waals surface area contributed by atoms with Crippen LogP contribution in [0.3, 0.4) is 0 Å². The topological polar surface area (TPSA) is 81.6 Å². The molecule has 0 bridgehead atoms. The van der Waals surface area contributed by atoms with Gasteiger partial charge in [-0.25, -0.2) is 4.98 Å². The third kappa shape index (κ3) is 5.38. The fraction of sp³-hybridized carbons (Fsp3) is 0.593. The van der Waals surface area contributed by atoms with Gasteiger partial charge in [-0.2, -0.15) is 4.98 Å². The van der Waals surface area contributed by atoms with E-state index in [1.165, 1.54) is 12.8 Å². The summed E-state index contributed by atoms with van der Waals surface area (Å²) in [6.07, 6.45) is 6.36. The van der Waals surface area contributed by atoms with Crippen LogP contribution < -0.4 is 10.2 Å². The van der Waals surface area contributed by atoms with Crippen LogP contribution in [-0.4, -0.2) is 58.2 Å². The highest BCUT2D eigenvalue weighted by Crippen LogP contribution is 2.48. The number of anilines is 2. The van der Waals surface area contributed by atoms with Crippen molar-refractivity contribution in [3.05, 3.63) is 45.0 Å². The van der Waals surface area contributed by atoms with Gasteiger partial charge in [0.05, 0.1) is 17.7 Å². The molecule has 0 radical (unpaired) electrons. The van der Waals surface area contributed by atoms with Crippen LogP contribution in [0, 0.1) is 17.3 Å². The molecule has 0 unspecified atom stereocenters. The molecule has 1 saturated carbocycles. The zero-order valence-electron chi connectivity index (χ0n) is 21.3. The minimum absolute atomic E-state index is 0.110. The van der Waals surface area contributed by atoms with E-state index in [1.807, 2.05) is 26.0 Å². The Labute approximate surface area is 233 Å². The lowest BCUT2D eigenvalue weighted by Crippen LogP contribution is -2.59. The summed E-state index contributed by atoms with van der Waals surface area (Å²) < 4.78 is 0. The number of likely N-dealkylation sites (tertiary alicyclic amines) is 1. The number of halogens is 3. The number of carboxylic acids is 1. The Bertz CT molecular complexity index is 1150. The van der Waals surface area contributed by atoms with E-state index in [0.717, 1.165) is 51.0 Å². The van der Waals surface area contributed by atoms with Crippen molar-refractivity contribution in [2.45, 2.75) is 58.0 Å². The number of nitrogens with zero attached hydrogens (tertiary/aromatic N) is 4. The fourth-order valence-corrected chi connectivity index (χ4v) is 6.91. The van der Waals surface area contributed by atoms with E-state index >= 15 is 0 Å². The van der Waals surface area contributed by atoms with Crippen molar-refractivity contribution in [1.29, 1.82) is 0 Å². The minimum atomic E-state index is -0.628. The van der Waals surface area contributed by atoms with Gasteiger partial charge in [-0.05, 0) is 75.1 Å². The third-order valence-electron chi connectivity index (χ3n) is 8.76. The number of hydrogen-bond acceptors (Lipinski definition) is 6. The van der Waals surface area contributed by atoms with Gasteiger partial charge in [0, 0.05) is 35.7 Å². The number of aromatic nitrogens is 2. The molecule has 1 aliphatic carbocycles. The zero-order valence-corrected chi connectivity index (χ0v) is 23.5. The average Bonchev–Trinajstić information content (AvgIpc) is 2.80. The van der Waals surface area contributed by atoms with Crippen molar-refractivity contribution >= 4 is 52.5 Å². The summed E-state index contributed by atoms with van der Waals surface area (Å²) in [6.45, 7) is 8.01. The van der Waals surface area contributed by atoms with Crippen LogP contribution in [0.25, 0.3) is 0 Å². The number of rotatable bonds is 8. The Morgan fingerprint density at radius 3 is 2.62 bits per heavy atom. The predicted octanol–water partition coefficient (Wildman–Crippen LogP) is 6.40. The number of benzene rings is 1. The van der Waals surface area contributed by atoms with Crippen LogP contribution in [-0.2, 0) is 4.79 Å². The fourth-order valence-electron chi connectivity index (χ4n) is 6.19. The van der Waals surface area contributed by atoms with Crippen LogP contribution in [0.1, 0.15) is 57.6 Å². The maximum absolute atomic E-state index is 11.7. The highest BCUT2D eigenvalue weighted by molar-refractivity contribution is 6.35. The van der Waals surface area contributed by atoms with E-state index in [0.29, 0.717) is 44.7 Å². The number of piperidine rings is 1. The van der Waals surface area contributed by atoms with Gasteiger partial charge in [0.1, 0.15) is 5.02 Å². The standard InChI is InChI=1S/C27H34Cl3N5O2/c1-3-27(25(36)37)10-20(11-27)34-8-4-5-17(13-34)18-14-35(15-18)26-31-12-23(30)24(33-26)32-16(2)21-7-6-19(28)9-22(21)29/h6-7,9,12,16-18,20H,3-5,8,10-11,13-15H2,1-2H3,(H,36,37)(H,31,32,33)/t16-,17+,20?,27?/m1/s1. The molecule has 200 valence electrons. The van der Waals surface area contributed by atoms with Gasteiger partial charge < -0.3 is 20.2 Å².